The van der Waals surface area contributed by atoms with Gasteiger partial charge in [0.2, 0.25) is 0 Å². The number of nitro groups is 2. The number of hydroxylamine groups is 1. The molecule has 0 saturated carbocycles. The highest BCUT2D eigenvalue weighted by Gasteiger charge is 2.26. The predicted molar refractivity (Wildman–Crippen MR) is 58.6 cm³/mol. The summed E-state index contributed by atoms with van der Waals surface area (Å²) in [6.45, 7) is 0. The van der Waals surface area contributed by atoms with E-state index in [1.54, 1.807) is 0 Å². The Balaban J connectivity index is 3.61. The van der Waals surface area contributed by atoms with Gasteiger partial charge in [-0.2, -0.15) is 0 Å². The molecular weight excluding hydrogens is 248 g/mol. The van der Waals surface area contributed by atoms with Crippen LogP contribution in [0.4, 0.5) is 17.1 Å². The van der Waals surface area contributed by atoms with E-state index >= 15 is 0 Å². The van der Waals surface area contributed by atoms with Crippen molar-refractivity contribution in [3.63, 3.8) is 0 Å². The maximum atomic E-state index is 11.3. The molecule has 0 spiro atoms. The van der Waals surface area contributed by atoms with Crippen LogP contribution in [-0.4, -0.2) is 28.0 Å². The van der Waals surface area contributed by atoms with E-state index < -0.39 is 32.7 Å². The number of non-ortho nitro benzene ring substituents is 1. The largest absolute Gasteiger partial charge is 0.382 e. The van der Waals surface area contributed by atoms with Crippen molar-refractivity contribution in [3.05, 3.63) is 37.9 Å². The van der Waals surface area contributed by atoms with Crippen molar-refractivity contribution >= 4 is 23.0 Å². The van der Waals surface area contributed by atoms with Gasteiger partial charge in [0, 0.05) is 13.1 Å². The van der Waals surface area contributed by atoms with Gasteiger partial charge < -0.3 is 5.32 Å². The molecule has 0 aromatic heterocycles. The summed E-state index contributed by atoms with van der Waals surface area (Å²) >= 11 is 0. The van der Waals surface area contributed by atoms with Gasteiger partial charge in [0.1, 0.15) is 5.69 Å². The number of nitrogens with one attached hydrogen (secondary N) is 2. The first-order valence-electron chi connectivity index (χ1n) is 4.51. The first-order chi connectivity index (χ1) is 8.42. The third-order valence-electron chi connectivity index (χ3n) is 2.11. The molecule has 0 aliphatic carbocycles. The van der Waals surface area contributed by atoms with Crippen LogP contribution in [0, 0.1) is 20.2 Å². The lowest BCUT2D eigenvalue weighted by atomic mass is 10.1. The number of carbonyl (C=O) groups is 1. The molecule has 3 N–H and O–H groups in total. The second-order valence-electron chi connectivity index (χ2n) is 3.09. The highest BCUT2D eigenvalue weighted by atomic mass is 16.6. The summed E-state index contributed by atoms with van der Waals surface area (Å²) in [6, 6.07) is 1.55. The minimum Gasteiger partial charge on any atom is -0.382 e. The van der Waals surface area contributed by atoms with Gasteiger partial charge in [0.05, 0.1) is 21.5 Å². The summed E-state index contributed by atoms with van der Waals surface area (Å²) in [5.41, 5.74) is -0.622. The molecule has 0 bridgehead atoms. The second kappa shape index (κ2) is 5.05. The average molecular weight is 256 g/mol. The van der Waals surface area contributed by atoms with Gasteiger partial charge in [-0.05, 0) is 0 Å². The summed E-state index contributed by atoms with van der Waals surface area (Å²) in [6.07, 6.45) is 0. The van der Waals surface area contributed by atoms with Crippen molar-refractivity contribution in [1.82, 2.24) is 5.48 Å². The number of hydrogen-bond donors (Lipinski definition) is 3. The summed E-state index contributed by atoms with van der Waals surface area (Å²) in [5, 5.41) is 32.3. The fourth-order valence-electron chi connectivity index (χ4n) is 1.36. The van der Waals surface area contributed by atoms with Crippen molar-refractivity contribution < 1.29 is 19.8 Å². The fourth-order valence-corrected chi connectivity index (χ4v) is 1.36. The molecule has 0 radical (unpaired) electrons. The standard InChI is InChI=1S/C8H8N4O6/c1-9-7-5(8(13)10-14)2-4(11(15)16)3-6(7)12(17)18/h2-3,9,14H,1H3,(H,10,13). The SMILES string of the molecule is CNc1c(C(=O)NO)cc([N+](=O)[O-])cc1[N+](=O)[O-]. The Hall–Kier alpha value is -2.75. The molecule has 0 fully saturated rings. The molecule has 1 rings (SSSR count). The summed E-state index contributed by atoms with van der Waals surface area (Å²) in [5.74, 6) is -1.09. The molecule has 0 aliphatic heterocycles. The Morgan fingerprint density at radius 3 is 2.28 bits per heavy atom. The number of rotatable bonds is 4. The van der Waals surface area contributed by atoms with Gasteiger partial charge in [-0.15, -0.1) is 0 Å². The molecule has 10 nitrogen and oxygen atoms in total. The molecule has 1 amide bonds. The minimum atomic E-state index is -1.09. The lowest BCUT2D eigenvalue weighted by Crippen LogP contribution is -2.20. The second-order valence-corrected chi connectivity index (χ2v) is 3.09. The number of anilines is 1. The maximum absolute atomic E-state index is 11.3. The molecule has 0 aliphatic rings. The minimum absolute atomic E-state index is 0.225. The van der Waals surface area contributed by atoms with Crippen molar-refractivity contribution in [3.8, 4) is 0 Å². The van der Waals surface area contributed by atoms with E-state index in [0.717, 1.165) is 12.1 Å². The van der Waals surface area contributed by atoms with Crippen LogP contribution < -0.4 is 10.8 Å². The van der Waals surface area contributed by atoms with Crippen LogP contribution in [0.3, 0.4) is 0 Å². The Morgan fingerprint density at radius 1 is 1.28 bits per heavy atom. The van der Waals surface area contributed by atoms with Crippen LogP contribution in [-0.2, 0) is 0 Å². The van der Waals surface area contributed by atoms with Gasteiger partial charge in [-0.25, -0.2) is 5.48 Å². The average Bonchev–Trinajstić information content (AvgIpc) is 2.35. The highest BCUT2D eigenvalue weighted by molar-refractivity contribution is 6.01. The van der Waals surface area contributed by atoms with Gasteiger partial charge in [0.15, 0.2) is 0 Å². The molecule has 0 atom stereocenters. The Kier molecular flexibility index (Phi) is 3.74. The number of hydrogen-bond acceptors (Lipinski definition) is 7. The fraction of sp³-hybridized carbons (Fsp3) is 0.125. The van der Waals surface area contributed by atoms with E-state index in [9.17, 15) is 25.0 Å². The zero-order chi connectivity index (χ0) is 13.9. The Bertz CT molecular complexity index is 529. The molecule has 10 heteroatoms. The van der Waals surface area contributed by atoms with E-state index in [-0.39, 0.29) is 5.69 Å². The zero-order valence-corrected chi connectivity index (χ0v) is 9.04. The predicted octanol–water partition coefficient (Wildman–Crippen LogP) is 0.664. The van der Waals surface area contributed by atoms with Gasteiger partial charge in [0.25, 0.3) is 17.3 Å². The molecule has 0 saturated heterocycles. The van der Waals surface area contributed by atoms with E-state index in [4.69, 9.17) is 5.21 Å². The lowest BCUT2D eigenvalue weighted by molar-refractivity contribution is -0.393. The smallest absolute Gasteiger partial charge is 0.300 e. The Labute approximate surface area is 99.5 Å². The molecule has 18 heavy (non-hydrogen) atoms. The van der Waals surface area contributed by atoms with Crippen LogP contribution >= 0.6 is 0 Å². The van der Waals surface area contributed by atoms with Crippen LogP contribution in [0.2, 0.25) is 0 Å². The monoisotopic (exact) mass is 256 g/mol. The third kappa shape index (κ3) is 2.32. The molecule has 1 aromatic rings. The lowest BCUT2D eigenvalue weighted by Gasteiger charge is -2.07. The van der Waals surface area contributed by atoms with E-state index in [0.29, 0.717) is 0 Å². The van der Waals surface area contributed by atoms with Crippen LogP contribution in [0.5, 0.6) is 0 Å². The zero-order valence-electron chi connectivity index (χ0n) is 9.04. The summed E-state index contributed by atoms with van der Waals surface area (Å²) < 4.78 is 0. The van der Waals surface area contributed by atoms with Gasteiger partial charge >= 0.3 is 0 Å². The topological polar surface area (TPSA) is 148 Å². The first kappa shape index (κ1) is 13.3. The number of nitrogens with zero attached hydrogens (tertiary/aromatic N) is 2. The molecule has 1 aromatic carbocycles. The van der Waals surface area contributed by atoms with Crippen LogP contribution in [0.25, 0.3) is 0 Å². The number of amides is 1. The van der Waals surface area contributed by atoms with Crippen molar-refractivity contribution in [1.29, 1.82) is 0 Å². The van der Waals surface area contributed by atoms with Gasteiger partial charge in [-0.1, -0.05) is 0 Å². The van der Waals surface area contributed by atoms with Gasteiger partial charge in [-0.3, -0.25) is 30.2 Å². The normalized spacial score (nSPS) is 9.67. The van der Waals surface area contributed by atoms with Crippen LogP contribution in [0.1, 0.15) is 10.4 Å². The molecule has 0 heterocycles. The van der Waals surface area contributed by atoms with Crippen molar-refractivity contribution in [2.24, 2.45) is 0 Å². The number of benzene rings is 1. The molecule has 96 valence electrons. The summed E-state index contributed by atoms with van der Waals surface area (Å²) in [7, 11) is 1.31. The number of carbonyl (C=O) groups excluding carboxylic acids is 1. The number of nitro benzene ring substituents is 2. The van der Waals surface area contributed by atoms with Crippen molar-refractivity contribution in [2.75, 3.05) is 12.4 Å². The molecular formula is C8H8N4O6. The maximum Gasteiger partial charge on any atom is 0.300 e. The third-order valence-corrected chi connectivity index (χ3v) is 2.11. The quantitative estimate of drug-likeness (QED) is 0.407. The van der Waals surface area contributed by atoms with Crippen molar-refractivity contribution in [2.45, 2.75) is 0 Å². The van der Waals surface area contributed by atoms with E-state index in [1.807, 2.05) is 0 Å². The Morgan fingerprint density at radius 2 is 1.89 bits per heavy atom. The highest BCUT2D eigenvalue weighted by Crippen LogP contribution is 2.32. The first-order valence-corrected chi connectivity index (χ1v) is 4.51. The van der Waals surface area contributed by atoms with Crippen LogP contribution in [0.15, 0.2) is 12.1 Å². The molecule has 0 unspecified atom stereocenters. The summed E-state index contributed by atoms with van der Waals surface area (Å²) in [4.78, 5) is 30.9. The van der Waals surface area contributed by atoms with E-state index in [2.05, 4.69) is 5.32 Å². The van der Waals surface area contributed by atoms with E-state index in [1.165, 1.54) is 12.5 Å².